The summed E-state index contributed by atoms with van der Waals surface area (Å²) in [6, 6.07) is 0.645. The lowest BCUT2D eigenvalue weighted by atomic mass is 10.2. The van der Waals surface area contributed by atoms with Crippen LogP contribution in [0.5, 0.6) is 0 Å². The summed E-state index contributed by atoms with van der Waals surface area (Å²) in [5, 5.41) is 7.42. The molecular weight excluding hydrogens is 178 g/mol. The Labute approximate surface area is 84.1 Å². The molecule has 1 aliphatic heterocycles. The predicted octanol–water partition coefficient (Wildman–Crippen LogP) is -0.391. The van der Waals surface area contributed by atoms with Crippen LogP contribution in [0.15, 0.2) is 6.33 Å². The maximum absolute atomic E-state index is 4.22. The highest BCUT2D eigenvalue weighted by Gasteiger charge is 2.19. The van der Waals surface area contributed by atoms with Crippen LogP contribution in [-0.4, -0.2) is 45.8 Å². The summed E-state index contributed by atoms with van der Waals surface area (Å²) in [5.74, 6) is 1.03. The largest absolute Gasteiger partial charge is 0.315 e. The number of aromatic nitrogens is 3. The Bertz CT molecular complexity index is 289. The number of rotatable bonds is 3. The van der Waals surface area contributed by atoms with Crippen LogP contribution >= 0.6 is 0 Å². The average Bonchev–Trinajstić information content (AvgIpc) is 2.77. The van der Waals surface area contributed by atoms with Crippen molar-refractivity contribution >= 4 is 0 Å². The highest BCUT2D eigenvalue weighted by Crippen LogP contribution is 2.08. The fourth-order valence-corrected chi connectivity index (χ4v) is 1.83. The topological polar surface area (TPSA) is 46.0 Å². The van der Waals surface area contributed by atoms with E-state index >= 15 is 0 Å². The van der Waals surface area contributed by atoms with Gasteiger partial charge in [0.15, 0.2) is 0 Å². The van der Waals surface area contributed by atoms with Gasteiger partial charge in [0, 0.05) is 19.6 Å². The Kier molecular flexibility index (Phi) is 2.79. The lowest BCUT2D eigenvalue weighted by molar-refractivity contribution is 0.239. The van der Waals surface area contributed by atoms with Crippen molar-refractivity contribution in [3.8, 4) is 0 Å². The Balaban J connectivity index is 1.93. The van der Waals surface area contributed by atoms with Gasteiger partial charge in [-0.2, -0.15) is 5.10 Å². The molecule has 1 fully saturated rings. The maximum Gasteiger partial charge on any atom is 0.140 e. The van der Waals surface area contributed by atoms with Crippen molar-refractivity contribution in [1.82, 2.24) is 25.0 Å². The minimum absolute atomic E-state index is 0.645. The number of nitrogens with zero attached hydrogens (tertiary/aromatic N) is 4. The van der Waals surface area contributed by atoms with Crippen molar-refractivity contribution in [2.45, 2.75) is 19.0 Å². The predicted molar refractivity (Wildman–Crippen MR) is 53.7 cm³/mol. The molecule has 0 spiro atoms. The van der Waals surface area contributed by atoms with Crippen molar-refractivity contribution in [3.63, 3.8) is 0 Å². The van der Waals surface area contributed by atoms with Crippen molar-refractivity contribution in [2.75, 3.05) is 20.1 Å². The van der Waals surface area contributed by atoms with E-state index in [1.54, 1.807) is 6.33 Å². The van der Waals surface area contributed by atoms with Gasteiger partial charge in [-0.15, -0.1) is 0 Å². The lowest BCUT2D eigenvalue weighted by Gasteiger charge is -2.22. The fraction of sp³-hybridized carbons (Fsp3) is 0.778. The molecule has 5 heteroatoms. The zero-order valence-electron chi connectivity index (χ0n) is 8.77. The first kappa shape index (κ1) is 9.61. The Hall–Kier alpha value is -0.940. The summed E-state index contributed by atoms with van der Waals surface area (Å²) in [7, 11) is 4.08. The van der Waals surface area contributed by atoms with Crippen molar-refractivity contribution in [2.24, 2.45) is 7.05 Å². The third-order valence-electron chi connectivity index (χ3n) is 2.85. The van der Waals surface area contributed by atoms with Crippen LogP contribution in [-0.2, 0) is 13.6 Å². The summed E-state index contributed by atoms with van der Waals surface area (Å²) in [5.41, 5.74) is 0. The molecule has 0 saturated carbocycles. The van der Waals surface area contributed by atoms with Crippen LogP contribution in [0.2, 0.25) is 0 Å². The second-order valence-corrected chi connectivity index (χ2v) is 3.86. The van der Waals surface area contributed by atoms with Crippen LogP contribution in [0.4, 0.5) is 0 Å². The third-order valence-corrected chi connectivity index (χ3v) is 2.85. The maximum atomic E-state index is 4.22. The second-order valence-electron chi connectivity index (χ2n) is 3.86. The first-order chi connectivity index (χ1) is 6.77. The second kappa shape index (κ2) is 4.06. The van der Waals surface area contributed by atoms with Crippen LogP contribution in [0.25, 0.3) is 0 Å². The fourth-order valence-electron chi connectivity index (χ4n) is 1.83. The van der Waals surface area contributed by atoms with Gasteiger partial charge in [0.1, 0.15) is 12.2 Å². The van der Waals surface area contributed by atoms with Crippen LogP contribution in [0, 0.1) is 0 Å². The third kappa shape index (κ3) is 1.93. The molecule has 1 unspecified atom stereocenters. The number of hydrogen-bond acceptors (Lipinski definition) is 4. The van der Waals surface area contributed by atoms with Gasteiger partial charge in [-0.25, -0.2) is 4.98 Å². The molecule has 1 aromatic heterocycles. The van der Waals surface area contributed by atoms with Crippen molar-refractivity contribution < 1.29 is 0 Å². The van der Waals surface area contributed by atoms with Gasteiger partial charge in [-0.05, 0) is 20.0 Å². The van der Waals surface area contributed by atoms with E-state index in [0.29, 0.717) is 6.04 Å². The first-order valence-corrected chi connectivity index (χ1v) is 5.01. The molecule has 0 aromatic carbocycles. The number of aryl methyl sites for hydroxylation is 1. The molecular formula is C9H17N5. The molecule has 5 nitrogen and oxygen atoms in total. The molecule has 2 heterocycles. The molecule has 1 aromatic rings. The van der Waals surface area contributed by atoms with Gasteiger partial charge < -0.3 is 5.32 Å². The summed E-state index contributed by atoms with van der Waals surface area (Å²) >= 11 is 0. The van der Waals surface area contributed by atoms with Gasteiger partial charge in [0.25, 0.3) is 0 Å². The van der Waals surface area contributed by atoms with Gasteiger partial charge in [-0.1, -0.05) is 0 Å². The van der Waals surface area contributed by atoms with E-state index in [4.69, 9.17) is 0 Å². The van der Waals surface area contributed by atoms with Gasteiger partial charge in [0.05, 0.1) is 6.54 Å². The molecule has 1 N–H and O–H groups in total. The smallest absolute Gasteiger partial charge is 0.140 e. The van der Waals surface area contributed by atoms with Crippen LogP contribution < -0.4 is 5.32 Å². The van der Waals surface area contributed by atoms with Gasteiger partial charge >= 0.3 is 0 Å². The molecule has 1 saturated heterocycles. The Morgan fingerprint density at radius 1 is 1.71 bits per heavy atom. The van der Waals surface area contributed by atoms with E-state index < -0.39 is 0 Å². The average molecular weight is 195 g/mol. The minimum atomic E-state index is 0.645. The standard InChI is InChI=1S/C9H17N5/c1-13(8-3-4-10-5-8)6-9-11-7-12-14(9)2/h7-8,10H,3-6H2,1-2H3. The first-order valence-electron chi connectivity index (χ1n) is 5.01. The lowest BCUT2D eigenvalue weighted by Crippen LogP contribution is -2.33. The molecule has 78 valence electrons. The molecule has 0 radical (unpaired) electrons. The molecule has 2 rings (SSSR count). The molecule has 0 bridgehead atoms. The minimum Gasteiger partial charge on any atom is -0.315 e. The summed E-state index contributed by atoms with van der Waals surface area (Å²) < 4.78 is 1.83. The monoisotopic (exact) mass is 195 g/mol. The van der Waals surface area contributed by atoms with Crippen LogP contribution in [0.1, 0.15) is 12.2 Å². The van der Waals surface area contributed by atoms with E-state index in [2.05, 4.69) is 27.3 Å². The van der Waals surface area contributed by atoms with E-state index in [9.17, 15) is 0 Å². The highest BCUT2D eigenvalue weighted by molar-refractivity contribution is 4.86. The highest BCUT2D eigenvalue weighted by atomic mass is 15.3. The number of hydrogen-bond donors (Lipinski definition) is 1. The van der Waals surface area contributed by atoms with Crippen molar-refractivity contribution in [1.29, 1.82) is 0 Å². The summed E-state index contributed by atoms with van der Waals surface area (Å²) in [6.45, 7) is 3.10. The van der Waals surface area contributed by atoms with Gasteiger partial charge in [0.2, 0.25) is 0 Å². The molecule has 14 heavy (non-hydrogen) atoms. The SMILES string of the molecule is CN(Cc1ncnn1C)C1CCNC1. The zero-order valence-corrected chi connectivity index (χ0v) is 8.77. The number of likely N-dealkylation sites (N-methyl/N-ethyl adjacent to an activating group) is 1. The summed E-state index contributed by atoms with van der Waals surface area (Å²) in [6.07, 6.45) is 2.84. The Morgan fingerprint density at radius 2 is 2.57 bits per heavy atom. The zero-order chi connectivity index (χ0) is 9.97. The number of nitrogens with one attached hydrogen (secondary N) is 1. The molecule has 1 atom stereocenters. The normalized spacial score (nSPS) is 22.1. The quantitative estimate of drug-likeness (QED) is 0.713. The molecule has 0 amide bonds. The Morgan fingerprint density at radius 3 is 3.14 bits per heavy atom. The van der Waals surface area contributed by atoms with Crippen LogP contribution in [0.3, 0.4) is 0 Å². The van der Waals surface area contributed by atoms with E-state index in [-0.39, 0.29) is 0 Å². The molecule has 0 aliphatic carbocycles. The molecule has 1 aliphatic rings. The van der Waals surface area contributed by atoms with Crippen molar-refractivity contribution in [3.05, 3.63) is 12.2 Å². The van der Waals surface area contributed by atoms with Gasteiger partial charge in [-0.3, -0.25) is 9.58 Å². The van der Waals surface area contributed by atoms with E-state index in [1.807, 2.05) is 11.7 Å². The van der Waals surface area contributed by atoms with E-state index in [1.165, 1.54) is 6.42 Å². The summed E-state index contributed by atoms with van der Waals surface area (Å²) in [4.78, 5) is 6.55. The van der Waals surface area contributed by atoms with E-state index in [0.717, 1.165) is 25.5 Å².